The first-order chi connectivity index (χ1) is 14.0. The Kier molecular flexibility index (Phi) is 7.02. The van der Waals surface area contributed by atoms with Crippen molar-refractivity contribution in [3.05, 3.63) is 53.8 Å². The molecule has 0 radical (unpaired) electrons. The van der Waals surface area contributed by atoms with Crippen LogP contribution in [0.25, 0.3) is 0 Å². The topological polar surface area (TPSA) is 81.1 Å². The minimum atomic E-state index is -0.314. The molecular weight excluding hydrogens is 377 g/mol. The van der Waals surface area contributed by atoms with Gasteiger partial charge in [0.1, 0.15) is 19.0 Å². The normalized spacial score (nSPS) is 13.4. The highest BCUT2D eigenvalue weighted by Gasteiger charge is 2.18. The number of carbonyl (C=O) groups excluding carboxylic acids is 2. The number of ether oxygens (including phenoxy) is 2. The zero-order valence-electron chi connectivity index (χ0n) is 16.3. The number of rotatable bonds is 8. The van der Waals surface area contributed by atoms with E-state index in [0.29, 0.717) is 43.5 Å². The molecule has 1 heterocycles. The molecule has 0 saturated carbocycles. The van der Waals surface area contributed by atoms with E-state index in [-0.39, 0.29) is 30.7 Å². The minimum absolute atomic E-state index is 0.162. The first-order valence-corrected chi connectivity index (χ1v) is 9.57. The third-order valence-corrected chi connectivity index (χ3v) is 4.55. The van der Waals surface area contributed by atoms with Gasteiger partial charge >= 0.3 is 0 Å². The second kappa shape index (κ2) is 9.88. The second-order valence-corrected chi connectivity index (χ2v) is 6.77. The Labute approximate surface area is 168 Å². The van der Waals surface area contributed by atoms with Gasteiger partial charge in [-0.15, -0.1) is 0 Å². The molecule has 0 spiro atoms. The number of benzene rings is 2. The molecule has 7 nitrogen and oxygen atoms in total. The number of fused-ring (bicyclic) bond motifs is 1. The molecule has 2 aromatic rings. The van der Waals surface area contributed by atoms with Crippen LogP contribution < -0.4 is 25.0 Å². The summed E-state index contributed by atoms with van der Waals surface area (Å²) in [4.78, 5) is 25.4. The maximum Gasteiger partial charge on any atom is 0.279 e. The van der Waals surface area contributed by atoms with Crippen LogP contribution in [0.2, 0.25) is 0 Å². The first kappa shape index (κ1) is 20.6. The van der Waals surface area contributed by atoms with Crippen molar-refractivity contribution >= 4 is 17.5 Å². The van der Waals surface area contributed by atoms with E-state index in [1.165, 1.54) is 12.1 Å². The van der Waals surface area contributed by atoms with Gasteiger partial charge in [-0.2, -0.15) is 0 Å². The Morgan fingerprint density at radius 1 is 1.00 bits per heavy atom. The number of hydrogen-bond donors (Lipinski definition) is 3. The Morgan fingerprint density at radius 3 is 2.41 bits per heavy atom. The van der Waals surface area contributed by atoms with Gasteiger partial charge < -0.3 is 25.0 Å². The van der Waals surface area contributed by atoms with Gasteiger partial charge in [0, 0.05) is 18.3 Å². The van der Waals surface area contributed by atoms with Gasteiger partial charge in [-0.05, 0) is 36.8 Å². The minimum Gasteiger partial charge on any atom is -0.486 e. The number of carbonyl (C=O) groups is 2. The Hall–Kier alpha value is -3.13. The molecule has 8 heteroatoms. The van der Waals surface area contributed by atoms with E-state index >= 15 is 0 Å². The molecule has 3 N–H and O–H groups in total. The molecule has 29 heavy (non-hydrogen) atoms. The lowest BCUT2D eigenvalue weighted by molar-refractivity contribution is -0.881. The SMILES string of the molecule is CC[NH+](CC(=O)NCc1ccc(F)cc1)CC(=O)Nc1ccc2c(c1)OCCO2. The van der Waals surface area contributed by atoms with E-state index in [1.54, 1.807) is 30.3 Å². The first-order valence-electron chi connectivity index (χ1n) is 9.57. The summed E-state index contributed by atoms with van der Waals surface area (Å²) in [5.41, 5.74) is 1.43. The molecule has 1 unspecified atom stereocenters. The van der Waals surface area contributed by atoms with Crippen LogP contribution in [0.3, 0.4) is 0 Å². The highest BCUT2D eigenvalue weighted by molar-refractivity contribution is 5.92. The summed E-state index contributed by atoms with van der Waals surface area (Å²) in [6.45, 7) is 4.18. The molecule has 0 aromatic heterocycles. The molecule has 154 valence electrons. The number of hydrogen-bond acceptors (Lipinski definition) is 4. The molecule has 0 aliphatic carbocycles. The molecular formula is C21H25FN3O4+. The highest BCUT2D eigenvalue weighted by atomic mass is 19.1. The average molecular weight is 402 g/mol. The van der Waals surface area contributed by atoms with Crippen molar-refractivity contribution < 1.29 is 28.4 Å². The summed E-state index contributed by atoms with van der Waals surface area (Å²) in [6.07, 6.45) is 0. The van der Waals surface area contributed by atoms with Gasteiger partial charge in [0.05, 0.1) is 6.54 Å². The molecule has 2 aromatic carbocycles. The highest BCUT2D eigenvalue weighted by Crippen LogP contribution is 2.32. The summed E-state index contributed by atoms with van der Waals surface area (Å²) in [5.74, 6) is 0.593. The molecule has 1 aliphatic rings. The van der Waals surface area contributed by atoms with E-state index in [9.17, 15) is 14.0 Å². The number of anilines is 1. The molecule has 1 atom stereocenters. The molecule has 0 fully saturated rings. The largest absolute Gasteiger partial charge is 0.486 e. The smallest absolute Gasteiger partial charge is 0.279 e. The predicted molar refractivity (Wildman–Crippen MR) is 106 cm³/mol. The van der Waals surface area contributed by atoms with Crippen LogP contribution in [0.1, 0.15) is 12.5 Å². The number of quaternary nitrogens is 1. The summed E-state index contributed by atoms with van der Waals surface area (Å²) < 4.78 is 23.9. The average Bonchev–Trinajstić information content (AvgIpc) is 2.72. The lowest BCUT2D eigenvalue weighted by Crippen LogP contribution is -3.13. The molecule has 1 aliphatic heterocycles. The number of halogens is 1. The van der Waals surface area contributed by atoms with E-state index in [1.807, 2.05) is 6.92 Å². The van der Waals surface area contributed by atoms with Gasteiger partial charge in [-0.25, -0.2) is 4.39 Å². The lowest BCUT2D eigenvalue weighted by Gasteiger charge is -2.20. The van der Waals surface area contributed by atoms with Crippen LogP contribution in [-0.2, 0) is 16.1 Å². The lowest BCUT2D eigenvalue weighted by atomic mass is 10.2. The van der Waals surface area contributed by atoms with Gasteiger partial charge in [0.25, 0.3) is 11.8 Å². The van der Waals surface area contributed by atoms with Gasteiger partial charge in [0.15, 0.2) is 24.6 Å². The maximum atomic E-state index is 12.9. The van der Waals surface area contributed by atoms with Crippen LogP contribution >= 0.6 is 0 Å². The van der Waals surface area contributed by atoms with Gasteiger partial charge in [0.2, 0.25) is 0 Å². The quantitative estimate of drug-likeness (QED) is 0.609. The monoisotopic (exact) mass is 402 g/mol. The standard InChI is InChI=1S/C21H24FN3O4/c1-2-25(13-20(26)23-12-15-3-5-16(22)6-4-15)14-21(27)24-17-7-8-18-19(11-17)29-10-9-28-18/h3-8,11H,2,9-10,12-14H2,1H3,(H,23,26)(H,24,27)/p+1. The van der Waals surface area contributed by atoms with E-state index in [0.717, 1.165) is 10.5 Å². The van der Waals surface area contributed by atoms with Crippen molar-refractivity contribution in [1.82, 2.24) is 5.32 Å². The molecule has 0 bridgehead atoms. The van der Waals surface area contributed by atoms with Crippen molar-refractivity contribution in [3.8, 4) is 11.5 Å². The Bertz CT molecular complexity index is 858. The predicted octanol–water partition coefficient (Wildman–Crippen LogP) is 0.757. The zero-order valence-corrected chi connectivity index (χ0v) is 16.3. The van der Waals surface area contributed by atoms with Crippen LogP contribution in [0.15, 0.2) is 42.5 Å². The van der Waals surface area contributed by atoms with Crippen molar-refractivity contribution in [3.63, 3.8) is 0 Å². The van der Waals surface area contributed by atoms with Gasteiger partial charge in [-0.3, -0.25) is 9.59 Å². The number of amides is 2. The second-order valence-electron chi connectivity index (χ2n) is 6.77. The van der Waals surface area contributed by atoms with Crippen molar-refractivity contribution in [2.24, 2.45) is 0 Å². The van der Waals surface area contributed by atoms with Crippen LogP contribution in [0, 0.1) is 5.82 Å². The van der Waals surface area contributed by atoms with Crippen LogP contribution in [-0.4, -0.2) is 44.7 Å². The summed E-state index contributed by atoms with van der Waals surface area (Å²) >= 11 is 0. The number of likely N-dealkylation sites (N-methyl/N-ethyl adjacent to an activating group) is 1. The van der Waals surface area contributed by atoms with E-state index in [2.05, 4.69) is 10.6 Å². The molecule has 2 amide bonds. The third kappa shape index (κ3) is 6.18. The van der Waals surface area contributed by atoms with Crippen molar-refractivity contribution in [1.29, 1.82) is 0 Å². The molecule has 3 rings (SSSR count). The zero-order chi connectivity index (χ0) is 20.6. The molecule has 0 saturated heterocycles. The number of nitrogens with one attached hydrogen (secondary N) is 3. The maximum absolute atomic E-state index is 12.9. The van der Waals surface area contributed by atoms with E-state index < -0.39 is 0 Å². The Morgan fingerprint density at radius 2 is 1.69 bits per heavy atom. The van der Waals surface area contributed by atoms with Crippen molar-refractivity contribution in [2.45, 2.75) is 13.5 Å². The third-order valence-electron chi connectivity index (χ3n) is 4.55. The Balaban J connectivity index is 1.46. The van der Waals surface area contributed by atoms with Crippen LogP contribution in [0.4, 0.5) is 10.1 Å². The van der Waals surface area contributed by atoms with Crippen molar-refractivity contribution in [2.75, 3.05) is 38.2 Å². The fourth-order valence-electron chi connectivity index (χ4n) is 2.96. The fourth-order valence-corrected chi connectivity index (χ4v) is 2.96. The summed E-state index contributed by atoms with van der Waals surface area (Å²) in [6, 6.07) is 11.2. The fraction of sp³-hybridized carbons (Fsp3) is 0.333. The summed E-state index contributed by atoms with van der Waals surface area (Å²) in [5, 5.41) is 5.63. The van der Waals surface area contributed by atoms with E-state index in [4.69, 9.17) is 9.47 Å². The van der Waals surface area contributed by atoms with Gasteiger partial charge in [-0.1, -0.05) is 12.1 Å². The van der Waals surface area contributed by atoms with Crippen LogP contribution in [0.5, 0.6) is 11.5 Å². The summed E-state index contributed by atoms with van der Waals surface area (Å²) in [7, 11) is 0.